The molecule has 1 aromatic heterocycles. The molecule has 0 unspecified atom stereocenters. The van der Waals surface area contributed by atoms with Crippen LogP contribution in [0.25, 0.3) is 0 Å². The molecular weight excluding hydrogens is 293 g/mol. The summed E-state index contributed by atoms with van der Waals surface area (Å²) in [6, 6.07) is 7.03. The highest BCUT2D eigenvalue weighted by atomic mass is 19.1. The van der Waals surface area contributed by atoms with Crippen molar-refractivity contribution in [3.63, 3.8) is 0 Å². The van der Waals surface area contributed by atoms with Crippen molar-refractivity contribution >= 4 is 17.6 Å². The van der Waals surface area contributed by atoms with E-state index in [-0.39, 0.29) is 5.82 Å². The van der Waals surface area contributed by atoms with Gasteiger partial charge < -0.3 is 9.64 Å². The Morgan fingerprint density at radius 2 is 2.04 bits per heavy atom. The summed E-state index contributed by atoms with van der Waals surface area (Å²) in [5.41, 5.74) is 3.19. The van der Waals surface area contributed by atoms with Gasteiger partial charge in [0.05, 0.1) is 24.7 Å². The maximum atomic E-state index is 14.4. The number of methoxy groups -OCH3 is 1. The zero-order chi connectivity index (χ0) is 16.2. The van der Waals surface area contributed by atoms with Crippen molar-refractivity contribution in [3.8, 4) is 5.88 Å². The average molecular weight is 313 g/mol. The molecule has 1 aromatic carbocycles. The van der Waals surface area contributed by atoms with Crippen LogP contribution in [0.2, 0.25) is 0 Å². The predicted octanol–water partition coefficient (Wildman–Crippen LogP) is 3.89. The van der Waals surface area contributed by atoms with E-state index in [1.807, 2.05) is 19.1 Å². The first-order valence-electron chi connectivity index (χ1n) is 7.76. The first-order chi connectivity index (χ1) is 11.2. The lowest BCUT2D eigenvalue weighted by Crippen LogP contribution is -2.19. The third kappa shape index (κ3) is 3.50. The summed E-state index contributed by atoms with van der Waals surface area (Å²) in [6.07, 6.45) is 5.56. The van der Waals surface area contributed by atoms with Gasteiger partial charge in [-0.1, -0.05) is 0 Å². The van der Waals surface area contributed by atoms with Crippen molar-refractivity contribution in [2.45, 2.75) is 19.8 Å². The van der Waals surface area contributed by atoms with Crippen molar-refractivity contribution in [2.24, 2.45) is 4.99 Å². The van der Waals surface area contributed by atoms with Gasteiger partial charge in [0.25, 0.3) is 0 Å². The maximum Gasteiger partial charge on any atom is 0.213 e. The molecule has 2 aromatic rings. The van der Waals surface area contributed by atoms with Gasteiger partial charge in [0.2, 0.25) is 5.88 Å². The summed E-state index contributed by atoms with van der Waals surface area (Å²) in [6.45, 7) is 3.84. The molecule has 1 saturated heterocycles. The number of hydrogen-bond acceptors (Lipinski definition) is 4. The van der Waals surface area contributed by atoms with Gasteiger partial charge in [-0.25, -0.2) is 9.37 Å². The van der Waals surface area contributed by atoms with E-state index in [0.717, 1.165) is 37.1 Å². The molecule has 1 aliphatic rings. The molecule has 120 valence electrons. The zero-order valence-electron chi connectivity index (χ0n) is 13.4. The van der Waals surface area contributed by atoms with Gasteiger partial charge >= 0.3 is 0 Å². The Hall–Kier alpha value is -2.43. The van der Waals surface area contributed by atoms with Crippen LogP contribution in [0, 0.1) is 12.7 Å². The van der Waals surface area contributed by atoms with E-state index in [0.29, 0.717) is 17.3 Å². The number of pyridine rings is 1. The summed E-state index contributed by atoms with van der Waals surface area (Å²) >= 11 is 0. The molecule has 4 nitrogen and oxygen atoms in total. The van der Waals surface area contributed by atoms with Crippen molar-refractivity contribution in [1.29, 1.82) is 0 Å². The van der Waals surface area contributed by atoms with Crippen LogP contribution in [0.3, 0.4) is 0 Å². The SMILES string of the molecule is COc1ccc(N=Cc2cc(F)c(N3CCCC3)cc2C)cn1. The lowest BCUT2D eigenvalue weighted by molar-refractivity contribution is 0.398. The highest BCUT2D eigenvalue weighted by Gasteiger charge is 2.17. The Balaban J connectivity index is 1.81. The van der Waals surface area contributed by atoms with Gasteiger partial charge in [0.1, 0.15) is 5.82 Å². The Labute approximate surface area is 135 Å². The minimum atomic E-state index is -0.188. The van der Waals surface area contributed by atoms with Crippen LogP contribution in [-0.2, 0) is 0 Å². The largest absolute Gasteiger partial charge is 0.481 e. The van der Waals surface area contributed by atoms with E-state index >= 15 is 0 Å². The highest BCUT2D eigenvalue weighted by Crippen LogP contribution is 2.26. The van der Waals surface area contributed by atoms with Gasteiger partial charge in [-0.05, 0) is 49.1 Å². The maximum absolute atomic E-state index is 14.4. The van der Waals surface area contributed by atoms with E-state index in [2.05, 4.69) is 14.9 Å². The van der Waals surface area contributed by atoms with Crippen molar-refractivity contribution in [1.82, 2.24) is 4.98 Å². The molecule has 23 heavy (non-hydrogen) atoms. The number of hydrogen-bond donors (Lipinski definition) is 0. The van der Waals surface area contributed by atoms with Gasteiger partial charge in [-0.2, -0.15) is 0 Å². The monoisotopic (exact) mass is 313 g/mol. The van der Waals surface area contributed by atoms with Crippen LogP contribution in [-0.4, -0.2) is 31.4 Å². The Kier molecular flexibility index (Phi) is 4.55. The molecule has 0 amide bonds. The fourth-order valence-electron chi connectivity index (χ4n) is 2.73. The standard InChI is InChI=1S/C18H20FN3O/c1-13-9-17(22-7-3-4-8-22)16(19)10-14(13)11-20-15-5-6-18(23-2)21-12-15/h5-6,9-12H,3-4,7-8H2,1-2H3. The molecule has 0 bridgehead atoms. The van der Waals surface area contributed by atoms with Crippen LogP contribution < -0.4 is 9.64 Å². The third-order valence-electron chi connectivity index (χ3n) is 4.06. The molecule has 0 aliphatic carbocycles. The van der Waals surface area contributed by atoms with Crippen molar-refractivity contribution < 1.29 is 9.13 Å². The summed E-state index contributed by atoms with van der Waals surface area (Å²) in [7, 11) is 1.57. The van der Waals surface area contributed by atoms with Crippen LogP contribution >= 0.6 is 0 Å². The van der Waals surface area contributed by atoms with Gasteiger partial charge in [0, 0.05) is 25.4 Å². The molecule has 0 spiro atoms. The lowest BCUT2D eigenvalue weighted by atomic mass is 10.1. The first kappa shape index (κ1) is 15.5. The average Bonchev–Trinajstić information content (AvgIpc) is 3.10. The quantitative estimate of drug-likeness (QED) is 0.804. The van der Waals surface area contributed by atoms with Gasteiger partial charge in [-0.3, -0.25) is 4.99 Å². The van der Waals surface area contributed by atoms with E-state index in [1.165, 1.54) is 0 Å². The molecule has 1 aliphatic heterocycles. The minimum Gasteiger partial charge on any atom is -0.481 e. The number of halogens is 1. The third-order valence-corrected chi connectivity index (χ3v) is 4.06. The van der Waals surface area contributed by atoms with Gasteiger partial charge in [-0.15, -0.1) is 0 Å². The molecule has 0 N–H and O–H groups in total. The zero-order valence-corrected chi connectivity index (χ0v) is 13.4. The smallest absolute Gasteiger partial charge is 0.213 e. The molecule has 5 heteroatoms. The topological polar surface area (TPSA) is 37.7 Å². The van der Waals surface area contributed by atoms with Crippen LogP contribution in [0.4, 0.5) is 15.8 Å². The van der Waals surface area contributed by atoms with Crippen LogP contribution in [0.1, 0.15) is 24.0 Å². The summed E-state index contributed by atoms with van der Waals surface area (Å²) in [4.78, 5) is 10.6. The summed E-state index contributed by atoms with van der Waals surface area (Å²) < 4.78 is 19.4. The number of benzene rings is 1. The Morgan fingerprint density at radius 1 is 1.26 bits per heavy atom. The number of aromatic nitrogens is 1. The first-order valence-corrected chi connectivity index (χ1v) is 7.76. The second-order valence-corrected chi connectivity index (χ2v) is 5.67. The molecule has 0 atom stereocenters. The number of rotatable bonds is 4. The molecular formula is C18H20FN3O. The second-order valence-electron chi connectivity index (χ2n) is 5.67. The normalized spacial score (nSPS) is 14.7. The van der Waals surface area contributed by atoms with E-state index in [9.17, 15) is 4.39 Å². The minimum absolute atomic E-state index is 0.188. The number of nitrogens with zero attached hydrogens (tertiary/aromatic N) is 3. The highest BCUT2D eigenvalue weighted by molar-refractivity contribution is 5.84. The van der Waals surface area contributed by atoms with Crippen LogP contribution in [0.5, 0.6) is 5.88 Å². The number of aryl methyl sites for hydroxylation is 1. The fourth-order valence-corrected chi connectivity index (χ4v) is 2.73. The molecule has 1 fully saturated rings. The van der Waals surface area contributed by atoms with Crippen LogP contribution in [0.15, 0.2) is 35.5 Å². The van der Waals surface area contributed by atoms with Crippen molar-refractivity contribution in [2.75, 3.05) is 25.1 Å². The Bertz CT molecular complexity index is 707. The summed E-state index contributed by atoms with van der Waals surface area (Å²) in [5, 5.41) is 0. The van der Waals surface area contributed by atoms with Crippen molar-refractivity contribution in [3.05, 3.63) is 47.4 Å². The number of anilines is 1. The van der Waals surface area contributed by atoms with E-state index < -0.39 is 0 Å². The Morgan fingerprint density at radius 3 is 2.70 bits per heavy atom. The number of aliphatic imine (C=N–C) groups is 1. The lowest BCUT2D eigenvalue weighted by Gasteiger charge is -2.19. The predicted molar refractivity (Wildman–Crippen MR) is 90.6 cm³/mol. The molecule has 3 rings (SSSR count). The molecule has 2 heterocycles. The van der Waals surface area contributed by atoms with E-state index in [1.54, 1.807) is 31.7 Å². The molecule has 0 radical (unpaired) electrons. The van der Waals surface area contributed by atoms with E-state index in [4.69, 9.17) is 4.74 Å². The molecule has 0 saturated carbocycles. The fraction of sp³-hybridized carbons (Fsp3) is 0.333. The second kappa shape index (κ2) is 6.77. The number of ether oxygens (including phenoxy) is 1. The van der Waals surface area contributed by atoms with Gasteiger partial charge in [0.15, 0.2) is 0 Å². The summed E-state index contributed by atoms with van der Waals surface area (Å²) in [5.74, 6) is 0.355.